The summed E-state index contributed by atoms with van der Waals surface area (Å²) < 4.78 is 0. The van der Waals surface area contributed by atoms with Gasteiger partial charge in [-0.2, -0.15) is 0 Å². The molecule has 0 saturated carbocycles. The van der Waals surface area contributed by atoms with Crippen LogP contribution in [0.2, 0.25) is 0 Å². The normalized spacial score (nSPS) is 12.7. The number of aliphatic carboxylic acids is 1. The third-order valence-electron chi connectivity index (χ3n) is 2.36. The van der Waals surface area contributed by atoms with E-state index in [9.17, 15) is 4.79 Å². The summed E-state index contributed by atoms with van der Waals surface area (Å²) in [5.74, 6) is -0.763. The van der Waals surface area contributed by atoms with E-state index in [-0.39, 0.29) is 12.5 Å². The topological polar surface area (TPSA) is 49.3 Å². The van der Waals surface area contributed by atoms with Crippen molar-refractivity contribution in [1.29, 1.82) is 0 Å². The molecule has 0 radical (unpaired) electrons. The largest absolute Gasteiger partial charge is 0.481 e. The highest BCUT2D eigenvalue weighted by molar-refractivity contribution is 8.42. The number of carbonyl (C=O) groups is 1. The third kappa shape index (κ3) is 6.43. The van der Waals surface area contributed by atoms with E-state index in [1.165, 1.54) is 11.1 Å². The molecule has 0 aromatic heterocycles. The van der Waals surface area contributed by atoms with E-state index in [4.69, 9.17) is 5.11 Å². The first-order chi connectivity index (χ1) is 7.97. The van der Waals surface area contributed by atoms with Crippen LogP contribution in [0.3, 0.4) is 0 Å². The van der Waals surface area contributed by atoms with E-state index < -0.39 is 13.4 Å². The van der Waals surface area contributed by atoms with Crippen LogP contribution >= 0.6 is 25.3 Å². The zero-order valence-electron chi connectivity index (χ0n) is 9.76. The van der Waals surface area contributed by atoms with Crippen LogP contribution in [0, 0.1) is 6.92 Å². The van der Waals surface area contributed by atoms with Crippen LogP contribution in [-0.4, -0.2) is 17.1 Å². The van der Waals surface area contributed by atoms with Gasteiger partial charge in [-0.05, 0) is 26.4 Å². The Kier molecular flexibility index (Phi) is 6.52. The van der Waals surface area contributed by atoms with Crippen LogP contribution in [0.5, 0.6) is 0 Å². The van der Waals surface area contributed by atoms with Crippen molar-refractivity contribution in [1.82, 2.24) is 5.09 Å². The first-order valence-electron chi connectivity index (χ1n) is 5.30. The van der Waals surface area contributed by atoms with Crippen molar-refractivity contribution in [3.63, 3.8) is 0 Å². The Bertz CT molecular complexity index is 367. The Hall–Kier alpha value is -0.0600. The highest BCUT2D eigenvalue weighted by atomic mass is 32.4. The Labute approximate surface area is 108 Å². The number of rotatable bonds is 6. The molecule has 94 valence electrons. The van der Waals surface area contributed by atoms with Crippen LogP contribution < -0.4 is 5.09 Å². The second kappa shape index (κ2) is 7.39. The fraction of sp³-hybridized carbons (Fsp3) is 0.364. The first kappa shape index (κ1) is 15.0. The number of carboxylic acids is 1. The molecule has 0 amide bonds. The van der Waals surface area contributed by atoms with Crippen molar-refractivity contribution in [2.24, 2.45) is 0 Å². The summed E-state index contributed by atoms with van der Waals surface area (Å²) in [5, 5.41) is 12.2. The number of nitrogens with one attached hydrogen (secondary N) is 1. The highest BCUT2D eigenvalue weighted by Gasteiger charge is 2.14. The third-order valence-corrected chi connectivity index (χ3v) is 3.91. The standard InChI is InChI=1S/C11H18NO2P3/c1-8-2-4-9(5-3-8)6-10(7-11(13)14)12-17(15)16/h2-5,10,12H,6-7,15-16H2,1H3,(H,13,14). The number of carboxylic acid groups (broad SMARTS) is 1. The molecule has 1 aromatic carbocycles. The van der Waals surface area contributed by atoms with Gasteiger partial charge in [-0.3, -0.25) is 9.88 Å². The average molecular weight is 289 g/mol. The minimum absolute atomic E-state index is 0.0173. The van der Waals surface area contributed by atoms with Crippen LogP contribution in [0.4, 0.5) is 0 Å². The van der Waals surface area contributed by atoms with Crippen LogP contribution in [-0.2, 0) is 11.2 Å². The lowest BCUT2D eigenvalue weighted by molar-refractivity contribution is -0.137. The summed E-state index contributed by atoms with van der Waals surface area (Å²) in [7, 11) is 4.87. The Morgan fingerprint density at radius 2 is 2.00 bits per heavy atom. The molecule has 6 heteroatoms. The Balaban J connectivity index is 2.64. The van der Waals surface area contributed by atoms with E-state index in [0.29, 0.717) is 0 Å². The second-order valence-electron chi connectivity index (χ2n) is 4.02. The molecule has 0 spiro atoms. The van der Waals surface area contributed by atoms with E-state index in [1.54, 1.807) is 0 Å². The Morgan fingerprint density at radius 1 is 1.41 bits per heavy atom. The molecule has 0 aliphatic heterocycles. The van der Waals surface area contributed by atoms with Gasteiger partial charge in [-0.25, -0.2) is 0 Å². The number of hydrogen-bond acceptors (Lipinski definition) is 2. The van der Waals surface area contributed by atoms with Crippen molar-refractivity contribution < 1.29 is 9.90 Å². The van der Waals surface area contributed by atoms with Gasteiger partial charge >= 0.3 is 5.97 Å². The molecule has 0 aliphatic carbocycles. The van der Waals surface area contributed by atoms with Crippen molar-refractivity contribution in [3.05, 3.63) is 35.4 Å². The number of aryl methyl sites for hydroxylation is 1. The lowest BCUT2D eigenvalue weighted by atomic mass is 10.0. The molecule has 0 bridgehead atoms. The molecule has 3 unspecified atom stereocenters. The molecular weight excluding hydrogens is 271 g/mol. The van der Waals surface area contributed by atoms with Gasteiger partial charge in [0.25, 0.3) is 0 Å². The monoisotopic (exact) mass is 289 g/mol. The van der Waals surface area contributed by atoms with Crippen LogP contribution in [0.25, 0.3) is 0 Å². The lowest BCUT2D eigenvalue weighted by Gasteiger charge is -2.19. The molecule has 3 atom stereocenters. The van der Waals surface area contributed by atoms with E-state index >= 15 is 0 Å². The zero-order chi connectivity index (χ0) is 12.8. The predicted octanol–water partition coefficient (Wildman–Crippen LogP) is 2.95. The highest BCUT2D eigenvalue weighted by Crippen LogP contribution is 2.49. The lowest BCUT2D eigenvalue weighted by Crippen LogP contribution is -2.28. The maximum atomic E-state index is 10.8. The maximum absolute atomic E-state index is 10.8. The first-order valence-corrected chi connectivity index (χ1v) is 9.88. The SMILES string of the molecule is Cc1ccc(CC(CC(=O)O)NP(P)P)cc1. The van der Waals surface area contributed by atoms with E-state index in [1.807, 2.05) is 6.92 Å². The van der Waals surface area contributed by atoms with E-state index in [2.05, 4.69) is 47.2 Å². The molecule has 1 aromatic rings. The summed E-state index contributed by atoms with van der Waals surface area (Å²) in [6.45, 7) is 2.04. The summed E-state index contributed by atoms with van der Waals surface area (Å²) in [6.07, 6.45) is 0.893. The zero-order valence-corrected chi connectivity index (χ0v) is 13.0. The minimum Gasteiger partial charge on any atom is -0.481 e. The smallest absolute Gasteiger partial charge is 0.304 e. The van der Waals surface area contributed by atoms with Gasteiger partial charge in [0.05, 0.1) is 6.42 Å². The second-order valence-corrected chi connectivity index (χ2v) is 10.2. The van der Waals surface area contributed by atoms with Gasteiger partial charge in [-0.15, -0.1) is 0 Å². The van der Waals surface area contributed by atoms with E-state index in [0.717, 1.165) is 6.42 Å². The molecule has 0 fully saturated rings. The summed E-state index contributed by atoms with van der Waals surface area (Å²) in [6, 6.07) is 8.20. The summed E-state index contributed by atoms with van der Waals surface area (Å²) in [5.41, 5.74) is 2.39. The number of hydrogen-bond donors (Lipinski definition) is 2. The number of benzene rings is 1. The molecule has 0 saturated heterocycles. The maximum Gasteiger partial charge on any atom is 0.304 e. The summed E-state index contributed by atoms with van der Waals surface area (Å²) in [4.78, 5) is 10.8. The molecule has 3 nitrogen and oxygen atoms in total. The predicted molar refractivity (Wildman–Crippen MR) is 80.4 cm³/mol. The fourth-order valence-electron chi connectivity index (χ4n) is 1.59. The van der Waals surface area contributed by atoms with Crippen molar-refractivity contribution in [2.45, 2.75) is 25.8 Å². The minimum atomic E-state index is -0.763. The Morgan fingerprint density at radius 3 is 2.47 bits per heavy atom. The van der Waals surface area contributed by atoms with Crippen molar-refractivity contribution in [3.8, 4) is 0 Å². The quantitative estimate of drug-likeness (QED) is 0.792. The van der Waals surface area contributed by atoms with Gasteiger partial charge in [0.15, 0.2) is 0 Å². The fourth-order valence-corrected chi connectivity index (χ4v) is 3.46. The van der Waals surface area contributed by atoms with Gasteiger partial charge < -0.3 is 5.11 Å². The van der Waals surface area contributed by atoms with Gasteiger partial charge in [-0.1, -0.05) is 47.7 Å². The average Bonchev–Trinajstić information content (AvgIpc) is 2.19. The van der Waals surface area contributed by atoms with Crippen molar-refractivity contribution >= 4 is 31.3 Å². The van der Waals surface area contributed by atoms with Gasteiger partial charge in [0, 0.05) is 6.04 Å². The molecule has 1 rings (SSSR count). The summed E-state index contributed by atoms with van der Waals surface area (Å²) >= 11 is 0. The van der Waals surface area contributed by atoms with Gasteiger partial charge in [0.1, 0.15) is 0 Å². The van der Waals surface area contributed by atoms with Crippen molar-refractivity contribution in [2.75, 3.05) is 0 Å². The van der Waals surface area contributed by atoms with Gasteiger partial charge in [0.2, 0.25) is 0 Å². The van der Waals surface area contributed by atoms with Crippen LogP contribution in [0.15, 0.2) is 24.3 Å². The molecule has 2 N–H and O–H groups in total. The molecule has 0 aliphatic rings. The molecule has 0 heterocycles. The molecular formula is C11H18NO2P3. The molecule has 17 heavy (non-hydrogen) atoms. The van der Waals surface area contributed by atoms with Crippen LogP contribution in [0.1, 0.15) is 17.5 Å².